The normalized spacial score (nSPS) is 17.4. The number of carbonyl (C=O) groups is 1. The van der Waals surface area contributed by atoms with Gasteiger partial charge in [-0.3, -0.25) is 10.3 Å². The highest BCUT2D eigenvalue weighted by Gasteiger charge is 2.51. The van der Waals surface area contributed by atoms with E-state index in [1.165, 1.54) is 6.07 Å². The zero-order valence-electron chi connectivity index (χ0n) is 20.0. The van der Waals surface area contributed by atoms with Crippen LogP contribution < -0.4 is 10.8 Å². The minimum absolute atomic E-state index is 0.272. The Morgan fingerprint density at radius 2 is 1.79 bits per heavy atom. The van der Waals surface area contributed by atoms with Crippen LogP contribution >= 0.6 is 0 Å². The number of halogens is 1. The van der Waals surface area contributed by atoms with Crippen LogP contribution in [0, 0.1) is 12.7 Å². The molecule has 1 aliphatic rings. The van der Waals surface area contributed by atoms with Gasteiger partial charge in [-0.2, -0.15) is 0 Å². The van der Waals surface area contributed by atoms with Gasteiger partial charge in [-0.25, -0.2) is 9.18 Å². The summed E-state index contributed by atoms with van der Waals surface area (Å²) >= 11 is 0. The largest absolute Gasteiger partial charge is 0.496 e. The third kappa shape index (κ3) is 4.56. The van der Waals surface area contributed by atoms with Crippen LogP contribution in [0.15, 0.2) is 47.1 Å². The summed E-state index contributed by atoms with van der Waals surface area (Å²) in [5, 5.41) is 6.58. The second-order valence-electron chi connectivity index (χ2n) is 9.23. The van der Waals surface area contributed by atoms with Crippen molar-refractivity contribution in [1.29, 1.82) is 0 Å². The van der Waals surface area contributed by atoms with Crippen molar-refractivity contribution in [3.8, 4) is 11.5 Å². The van der Waals surface area contributed by atoms with Gasteiger partial charge in [0, 0.05) is 17.2 Å². The quantitative estimate of drug-likeness (QED) is 0.539. The van der Waals surface area contributed by atoms with Crippen molar-refractivity contribution < 1.29 is 27.8 Å². The van der Waals surface area contributed by atoms with Crippen LogP contribution in [0.1, 0.15) is 52.0 Å². The smallest absolute Gasteiger partial charge is 0.441 e. The van der Waals surface area contributed by atoms with Gasteiger partial charge < -0.3 is 18.6 Å². The molecule has 1 amide bonds. The van der Waals surface area contributed by atoms with E-state index in [4.69, 9.17) is 18.6 Å². The Labute approximate surface area is 197 Å². The Kier molecular flexibility index (Phi) is 6.22. The molecule has 1 N–H and O–H groups in total. The average molecular weight is 467 g/mol. The molecule has 1 aliphatic heterocycles. The molecule has 1 aromatic carbocycles. The Morgan fingerprint density at radius 1 is 1.12 bits per heavy atom. The van der Waals surface area contributed by atoms with Crippen molar-refractivity contribution in [2.75, 3.05) is 5.32 Å². The fourth-order valence-electron chi connectivity index (χ4n) is 3.51. The zero-order chi connectivity index (χ0) is 24.7. The van der Waals surface area contributed by atoms with Crippen molar-refractivity contribution >= 4 is 24.4 Å². The molecule has 8 nitrogen and oxygen atoms in total. The van der Waals surface area contributed by atoms with Crippen molar-refractivity contribution in [3.05, 3.63) is 59.7 Å². The molecule has 0 spiro atoms. The Morgan fingerprint density at radius 3 is 2.41 bits per heavy atom. The van der Waals surface area contributed by atoms with Crippen LogP contribution in [0.25, 0.3) is 11.5 Å². The fraction of sp³-hybridized carbons (Fsp3) is 0.375. The molecule has 10 heteroatoms. The maximum absolute atomic E-state index is 14.0. The molecule has 2 aromatic heterocycles. The van der Waals surface area contributed by atoms with E-state index in [-0.39, 0.29) is 11.3 Å². The Balaban J connectivity index is 1.49. The standard InChI is InChI=1S/C24H27BFN3O5/c1-14-20(28-22(30)31-15(2)17-9-7-8-10-18(17)26)21(32-29-14)19-12-11-16(13-27-19)25-33-23(3,4)24(5,6)34-25/h7-13,15H,1-6H3,(H,28,30)/t15-/m1/s1. The number of nitrogens with one attached hydrogen (secondary N) is 1. The highest BCUT2D eigenvalue weighted by Crippen LogP contribution is 2.36. The number of anilines is 1. The fourth-order valence-corrected chi connectivity index (χ4v) is 3.51. The van der Waals surface area contributed by atoms with Gasteiger partial charge in [0.25, 0.3) is 0 Å². The minimum Gasteiger partial charge on any atom is -0.441 e. The van der Waals surface area contributed by atoms with Crippen LogP contribution in [0.3, 0.4) is 0 Å². The van der Waals surface area contributed by atoms with Gasteiger partial charge in [0.15, 0.2) is 0 Å². The predicted molar refractivity (Wildman–Crippen MR) is 125 cm³/mol. The summed E-state index contributed by atoms with van der Waals surface area (Å²) in [5.41, 5.74) is 1.33. The van der Waals surface area contributed by atoms with E-state index >= 15 is 0 Å². The first-order valence-corrected chi connectivity index (χ1v) is 11.0. The van der Waals surface area contributed by atoms with E-state index in [2.05, 4.69) is 15.5 Å². The highest BCUT2D eigenvalue weighted by atomic mass is 19.1. The number of carbonyl (C=O) groups excluding carboxylic acids is 1. The van der Waals surface area contributed by atoms with Crippen LogP contribution in [0.4, 0.5) is 14.9 Å². The van der Waals surface area contributed by atoms with E-state index < -0.39 is 36.3 Å². The lowest BCUT2D eigenvalue weighted by atomic mass is 9.80. The highest BCUT2D eigenvalue weighted by molar-refractivity contribution is 6.62. The second-order valence-corrected chi connectivity index (χ2v) is 9.23. The van der Waals surface area contributed by atoms with Gasteiger partial charge in [0.05, 0.1) is 11.2 Å². The SMILES string of the molecule is Cc1noc(-c2ccc(B3OC(C)(C)C(C)(C)O3)cn2)c1NC(=O)O[C@H](C)c1ccccc1F. The summed E-state index contributed by atoms with van der Waals surface area (Å²) in [6.07, 6.45) is 0.0804. The Bertz CT molecular complexity index is 1180. The molecule has 1 atom stereocenters. The maximum Gasteiger partial charge on any atom is 0.496 e. The maximum atomic E-state index is 14.0. The van der Waals surface area contributed by atoms with E-state index in [1.807, 2.05) is 33.8 Å². The van der Waals surface area contributed by atoms with E-state index in [1.54, 1.807) is 44.3 Å². The third-order valence-electron chi connectivity index (χ3n) is 6.26. The van der Waals surface area contributed by atoms with E-state index in [0.29, 0.717) is 17.1 Å². The average Bonchev–Trinajstić information content (AvgIpc) is 3.23. The molecule has 178 valence electrons. The lowest BCUT2D eigenvalue weighted by Gasteiger charge is -2.32. The zero-order valence-corrected chi connectivity index (χ0v) is 20.0. The number of aromatic nitrogens is 2. The van der Waals surface area contributed by atoms with Gasteiger partial charge in [-0.15, -0.1) is 0 Å². The first kappa shape index (κ1) is 23.9. The van der Waals surface area contributed by atoms with Crippen molar-refractivity contribution in [3.63, 3.8) is 0 Å². The summed E-state index contributed by atoms with van der Waals surface area (Å²) in [6, 6.07) is 9.69. The first-order valence-electron chi connectivity index (χ1n) is 11.0. The molecule has 1 fully saturated rings. The number of hydrogen-bond donors (Lipinski definition) is 1. The molecule has 0 saturated carbocycles. The number of hydrogen-bond acceptors (Lipinski definition) is 7. The minimum atomic E-state index is -0.790. The summed E-state index contributed by atoms with van der Waals surface area (Å²) in [5.74, 6) is -0.176. The molecule has 0 aliphatic carbocycles. The number of aryl methyl sites for hydroxylation is 1. The molecule has 0 bridgehead atoms. The molecule has 3 heterocycles. The number of amides is 1. The Hall–Kier alpha value is -3.24. The van der Waals surface area contributed by atoms with Crippen molar-refractivity contribution in [2.24, 2.45) is 0 Å². The molecule has 0 unspecified atom stereocenters. The van der Waals surface area contributed by atoms with Gasteiger partial charge in [-0.1, -0.05) is 29.4 Å². The van der Waals surface area contributed by atoms with Gasteiger partial charge in [0.1, 0.15) is 29.0 Å². The number of nitrogens with zero attached hydrogens (tertiary/aromatic N) is 2. The molecule has 1 saturated heterocycles. The lowest BCUT2D eigenvalue weighted by Crippen LogP contribution is -2.41. The first-order chi connectivity index (χ1) is 16.0. The second kappa shape index (κ2) is 8.85. The van der Waals surface area contributed by atoms with Crippen LogP contribution in [0.2, 0.25) is 0 Å². The van der Waals surface area contributed by atoms with Crippen LogP contribution in [0.5, 0.6) is 0 Å². The summed E-state index contributed by atoms with van der Waals surface area (Å²) < 4.78 is 36.9. The lowest BCUT2D eigenvalue weighted by molar-refractivity contribution is 0.00578. The third-order valence-corrected chi connectivity index (χ3v) is 6.26. The van der Waals surface area contributed by atoms with Gasteiger partial charge in [0.2, 0.25) is 5.76 Å². The van der Waals surface area contributed by atoms with E-state index in [0.717, 1.165) is 5.46 Å². The van der Waals surface area contributed by atoms with Gasteiger partial charge in [-0.05, 0) is 53.7 Å². The topological polar surface area (TPSA) is 95.7 Å². The predicted octanol–water partition coefficient (Wildman–Crippen LogP) is 4.79. The van der Waals surface area contributed by atoms with Crippen molar-refractivity contribution in [1.82, 2.24) is 10.1 Å². The van der Waals surface area contributed by atoms with Crippen LogP contribution in [-0.2, 0) is 14.0 Å². The van der Waals surface area contributed by atoms with Crippen molar-refractivity contribution in [2.45, 2.75) is 58.8 Å². The number of ether oxygens (including phenoxy) is 1. The molecular weight excluding hydrogens is 440 g/mol. The van der Waals surface area contributed by atoms with Gasteiger partial charge >= 0.3 is 13.2 Å². The summed E-state index contributed by atoms with van der Waals surface area (Å²) in [4.78, 5) is 17.0. The number of benzene rings is 1. The molecular formula is C24H27BFN3O5. The molecule has 34 heavy (non-hydrogen) atoms. The molecule has 3 aromatic rings. The molecule has 0 radical (unpaired) electrons. The van der Waals surface area contributed by atoms with E-state index in [9.17, 15) is 9.18 Å². The molecule has 4 rings (SSSR count). The summed E-state index contributed by atoms with van der Waals surface area (Å²) in [6.45, 7) is 11.2. The number of rotatable bonds is 5. The monoisotopic (exact) mass is 467 g/mol. The summed E-state index contributed by atoms with van der Waals surface area (Å²) in [7, 11) is -0.546. The van der Waals surface area contributed by atoms with Crippen LogP contribution in [-0.4, -0.2) is 34.6 Å². The number of pyridine rings is 1.